The maximum absolute atomic E-state index is 13.2. The average molecular weight is 406 g/mol. The highest BCUT2D eigenvalue weighted by atomic mass is 32.1. The van der Waals surface area contributed by atoms with E-state index in [4.69, 9.17) is 14.2 Å². The number of nitrogens with one attached hydrogen (secondary N) is 1. The molecule has 0 radical (unpaired) electrons. The quantitative estimate of drug-likeness (QED) is 0.636. The van der Waals surface area contributed by atoms with Crippen molar-refractivity contribution < 1.29 is 24.1 Å². The van der Waals surface area contributed by atoms with Gasteiger partial charge in [-0.3, -0.25) is 0 Å². The number of thiophene rings is 1. The summed E-state index contributed by atoms with van der Waals surface area (Å²) in [5, 5.41) is 16.1. The van der Waals surface area contributed by atoms with Crippen molar-refractivity contribution in [1.29, 1.82) is 0 Å². The zero-order valence-corrected chi connectivity index (χ0v) is 17.4. The summed E-state index contributed by atoms with van der Waals surface area (Å²) in [7, 11) is 0. The zero-order chi connectivity index (χ0) is 20.3. The molecular weight excluding hydrogens is 378 g/mol. The molecule has 2 N–H and O–H groups in total. The van der Waals surface area contributed by atoms with Gasteiger partial charge in [-0.2, -0.15) is 0 Å². The van der Waals surface area contributed by atoms with Crippen LogP contribution in [-0.4, -0.2) is 29.5 Å². The molecule has 0 saturated carbocycles. The summed E-state index contributed by atoms with van der Waals surface area (Å²) in [4.78, 5) is 14.0. The van der Waals surface area contributed by atoms with E-state index in [1.54, 1.807) is 12.1 Å². The molecule has 0 aliphatic carbocycles. The van der Waals surface area contributed by atoms with Gasteiger partial charge in [-0.15, -0.1) is 11.3 Å². The van der Waals surface area contributed by atoms with Crippen LogP contribution in [0.2, 0.25) is 0 Å². The molecule has 2 heterocycles. The minimum atomic E-state index is -1.11. The Balaban J connectivity index is 1.94. The Morgan fingerprint density at radius 1 is 1.25 bits per heavy atom. The normalized spacial score (nSPS) is 16.1. The molecule has 152 valence electrons. The fourth-order valence-corrected chi connectivity index (χ4v) is 3.95. The summed E-state index contributed by atoms with van der Waals surface area (Å²) in [5.74, 6) is 0.771. The van der Waals surface area contributed by atoms with E-state index in [9.17, 15) is 9.90 Å². The number of fused-ring (bicyclic) bond motifs is 1. The Kier molecular flexibility index (Phi) is 6.15. The Hall–Kier alpha value is -2.25. The highest BCUT2D eigenvalue weighted by Gasteiger charge is 2.45. The summed E-state index contributed by atoms with van der Waals surface area (Å²) < 4.78 is 16.4. The van der Waals surface area contributed by atoms with Gasteiger partial charge >= 0.3 is 5.97 Å². The van der Waals surface area contributed by atoms with Gasteiger partial charge in [-0.05, 0) is 43.3 Å². The number of anilines is 1. The molecule has 0 saturated heterocycles. The maximum atomic E-state index is 13.2. The number of hydrogen-bond acceptors (Lipinski definition) is 7. The second-order valence-electron chi connectivity index (χ2n) is 7.51. The summed E-state index contributed by atoms with van der Waals surface area (Å²) >= 11 is 1.47. The van der Waals surface area contributed by atoms with Crippen molar-refractivity contribution >= 4 is 23.0 Å². The minimum absolute atomic E-state index is 0.140. The van der Waals surface area contributed by atoms with Crippen LogP contribution < -0.4 is 14.8 Å². The van der Waals surface area contributed by atoms with E-state index >= 15 is 0 Å². The molecule has 6 nitrogen and oxygen atoms in total. The van der Waals surface area contributed by atoms with Gasteiger partial charge in [0.2, 0.25) is 6.79 Å². The van der Waals surface area contributed by atoms with E-state index in [0.29, 0.717) is 17.2 Å². The second kappa shape index (κ2) is 8.41. The van der Waals surface area contributed by atoms with Crippen LogP contribution in [0.15, 0.2) is 35.7 Å². The number of hydrogen-bond donors (Lipinski definition) is 2. The summed E-state index contributed by atoms with van der Waals surface area (Å²) in [5.41, 5.74) is -0.404. The number of aliphatic hydroxyl groups excluding tert-OH is 1. The molecule has 0 bridgehead atoms. The minimum Gasteiger partial charge on any atom is -0.461 e. The molecule has 1 aliphatic heterocycles. The van der Waals surface area contributed by atoms with Crippen LogP contribution >= 0.6 is 11.3 Å². The van der Waals surface area contributed by atoms with Crippen molar-refractivity contribution in [2.75, 3.05) is 12.1 Å². The highest BCUT2D eigenvalue weighted by molar-refractivity contribution is 7.10. The first-order valence-electron chi connectivity index (χ1n) is 9.42. The van der Waals surface area contributed by atoms with Crippen LogP contribution in [0.25, 0.3) is 0 Å². The number of carbonyl (C=O) groups excluding carboxylic acids is 1. The molecule has 7 heteroatoms. The van der Waals surface area contributed by atoms with E-state index in [-0.39, 0.29) is 31.2 Å². The maximum Gasteiger partial charge on any atom is 0.332 e. The zero-order valence-electron chi connectivity index (χ0n) is 16.6. The van der Waals surface area contributed by atoms with Gasteiger partial charge in [0.25, 0.3) is 0 Å². The van der Waals surface area contributed by atoms with Gasteiger partial charge < -0.3 is 24.6 Å². The third kappa shape index (κ3) is 4.25. The molecule has 0 spiro atoms. The third-order valence-corrected chi connectivity index (χ3v) is 5.79. The summed E-state index contributed by atoms with van der Waals surface area (Å²) in [6.07, 6.45) is -0.864. The number of benzene rings is 1. The van der Waals surface area contributed by atoms with Gasteiger partial charge in [-0.25, -0.2) is 4.79 Å². The SMILES string of the molecule is CC(C)OC(=O)C(C[C@@H](O)c1cccs1)(Nc1ccc2c(c1)OCO2)C(C)C. The van der Waals surface area contributed by atoms with Gasteiger partial charge in [-0.1, -0.05) is 19.9 Å². The number of esters is 1. The average Bonchev–Trinajstić information content (AvgIpc) is 3.31. The lowest BCUT2D eigenvalue weighted by molar-refractivity contribution is -0.156. The molecule has 2 aromatic rings. The highest BCUT2D eigenvalue weighted by Crippen LogP contribution is 2.39. The second-order valence-corrected chi connectivity index (χ2v) is 8.49. The first-order valence-corrected chi connectivity index (χ1v) is 10.3. The molecule has 0 fully saturated rings. The van der Waals surface area contributed by atoms with Crippen molar-refractivity contribution in [3.63, 3.8) is 0 Å². The first kappa shape index (κ1) is 20.5. The predicted molar refractivity (Wildman–Crippen MR) is 109 cm³/mol. The lowest BCUT2D eigenvalue weighted by atomic mass is 9.80. The Morgan fingerprint density at radius 3 is 2.64 bits per heavy atom. The van der Waals surface area contributed by atoms with Crippen LogP contribution in [0.1, 0.15) is 45.1 Å². The monoisotopic (exact) mass is 405 g/mol. The van der Waals surface area contributed by atoms with Crippen molar-refractivity contribution in [2.45, 2.75) is 51.9 Å². The van der Waals surface area contributed by atoms with Crippen molar-refractivity contribution in [2.24, 2.45) is 5.92 Å². The van der Waals surface area contributed by atoms with Gasteiger partial charge in [0, 0.05) is 23.1 Å². The third-order valence-electron chi connectivity index (χ3n) is 4.82. The van der Waals surface area contributed by atoms with E-state index in [0.717, 1.165) is 4.88 Å². The molecule has 2 atom stereocenters. The fourth-order valence-electron chi connectivity index (χ4n) is 3.24. The van der Waals surface area contributed by atoms with Crippen LogP contribution in [-0.2, 0) is 9.53 Å². The molecular formula is C21H27NO5S. The molecule has 1 aliphatic rings. The number of aliphatic hydroxyl groups is 1. The van der Waals surface area contributed by atoms with E-state index < -0.39 is 11.6 Å². The number of ether oxygens (including phenoxy) is 3. The largest absolute Gasteiger partial charge is 0.461 e. The topological polar surface area (TPSA) is 77.0 Å². The van der Waals surface area contributed by atoms with Crippen LogP contribution in [0.3, 0.4) is 0 Å². The van der Waals surface area contributed by atoms with Crippen molar-refractivity contribution in [1.82, 2.24) is 0 Å². The van der Waals surface area contributed by atoms with Gasteiger partial charge in [0.05, 0.1) is 12.2 Å². The molecule has 1 aromatic heterocycles. The lowest BCUT2D eigenvalue weighted by Crippen LogP contribution is -2.53. The van der Waals surface area contributed by atoms with Gasteiger partial charge in [0.15, 0.2) is 11.5 Å². The van der Waals surface area contributed by atoms with Crippen LogP contribution in [0, 0.1) is 5.92 Å². The molecule has 28 heavy (non-hydrogen) atoms. The Labute approximate surface area is 169 Å². The van der Waals surface area contributed by atoms with E-state index in [1.165, 1.54) is 11.3 Å². The van der Waals surface area contributed by atoms with Gasteiger partial charge in [0.1, 0.15) is 5.54 Å². The van der Waals surface area contributed by atoms with Crippen molar-refractivity contribution in [3.05, 3.63) is 40.6 Å². The molecule has 3 rings (SSSR count). The number of rotatable bonds is 8. The first-order chi connectivity index (χ1) is 13.3. The predicted octanol–water partition coefficient (Wildman–Crippen LogP) is 4.36. The molecule has 1 aromatic carbocycles. The van der Waals surface area contributed by atoms with Crippen LogP contribution in [0.4, 0.5) is 5.69 Å². The standard InChI is InChI=1S/C21H27NO5S/c1-13(2)21(20(24)27-14(3)4,11-16(23)19-6-5-9-28-19)22-15-7-8-17-18(10-15)26-12-25-17/h5-10,13-14,16,22-23H,11-12H2,1-4H3/t16-,21?/m1/s1. The smallest absolute Gasteiger partial charge is 0.332 e. The molecule has 1 unspecified atom stereocenters. The van der Waals surface area contributed by atoms with E-state index in [2.05, 4.69) is 5.32 Å². The summed E-state index contributed by atoms with van der Waals surface area (Å²) in [6, 6.07) is 9.20. The Morgan fingerprint density at radius 2 is 2.00 bits per heavy atom. The Bertz CT molecular complexity index is 805. The fraction of sp³-hybridized carbons (Fsp3) is 0.476. The molecule has 0 amide bonds. The number of carbonyl (C=O) groups is 1. The summed E-state index contributed by atoms with van der Waals surface area (Å²) in [6.45, 7) is 7.71. The lowest BCUT2D eigenvalue weighted by Gasteiger charge is -2.38. The van der Waals surface area contributed by atoms with E-state index in [1.807, 2.05) is 51.3 Å². The van der Waals surface area contributed by atoms with Crippen LogP contribution in [0.5, 0.6) is 11.5 Å². The van der Waals surface area contributed by atoms with Crippen molar-refractivity contribution in [3.8, 4) is 11.5 Å².